The van der Waals surface area contributed by atoms with E-state index in [2.05, 4.69) is 5.32 Å². The molecule has 5 nitrogen and oxygen atoms in total. The number of nitrogens with one attached hydrogen (secondary N) is 1. The number of nitrogens with two attached hydrogens (primary N) is 1. The third-order valence-corrected chi connectivity index (χ3v) is 2.82. The molecule has 1 aliphatic rings. The van der Waals surface area contributed by atoms with Crippen LogP contribution < -0.4 is 16.0 Å². The maximum Gasteiger partial charge on any atom is 0.251 e. The molecule has 1 atom stereocenters. The molecule has 17 heavy (non-hydrogen) atoms. The Bertz CT molecular complexity index is 442. The number of rotatable bonds is 2. The van der Waals surface area contributed by atoms with E-state index < -0.39 is 0 Å². The normalized spacial score (nSPS) is 19.5. The van der Waals surface area contributed by atoms with Crippen molar-refractivity contribution >= 4 is 17.5 Å². The zero-order valence-electron chi connectivity index (χ0n) is 9.64. The SMILES string of the molecule is CNC(=O)c1ccc(N2CC(N)CC2=O)cc1. The average molecular weight is 233 g/mol. The summed E-state index contributed by atoms with van der Waals surface area (Å²) in [6, 6.07) is 6.83. The molecule has 1 aromatic rings. The molecule has 0 spiro atoms. The lowest BCUT2D eigenvalue weighted by atomic mass is 10.2. The minimum absolute atomic E-state index is 0.0326. The fourth-order valence-corrected chi connectivity index (χ4v) is 1.92. The highest BCUT2D eigenvalue weighted by Crippen LogP contribution is 2.21. The highest BCUT2D eigenvalue weighted by Gasteiger charge is 2.27. The van der Waals surface area contributed by atoms with Crippen molar-refractivity contribution in [3.05, 3.63) is 29.8 Å². The second kappa shape index (κ2) is 4.55. The minimum Gasteiger partial charge on any atom is -0.355 e. The summed E-state index contributed by atoms with van der Waals surface area (Å²) >= 11 is 0. The third-order valence-electron chi connectivity index (χ3n) is 2.82. The van der Waals surface area contributed by atoms with Gasteiger partial charge in [0, 0.05) is 37.3 Å². The Hall–Kier alpha value is -1.88. The van der Waals surface area contributed by atoms with Gasteiger partial charge in [0.2, 0.25) is 5.91 Å². The maximum absolute atomic E-state index is 11.6. The Morgan fingerprint density at radius 1 is 1.41 bits per heavy atom. The van der Waals surface area contributed by atoms with Gasteiger partial charge >= 0.3 is 0 Å². The van der Waals surface area contributed by atoms with Gasteiger partial charge in [-0.05, 0) is 24.3 Å². The lowest BCUT2D eigenvalue weighted by Gasteiger charge is -2.16. The number of amides is 2. The minimum atomic E-state index is -0.138. The molecule has 2 rings (SSSR count). The number of anilines is 1. The van der Waals surface area contributed by atoms with Crippen molar-refractivity contribution in [1.82, 2.24) is 5.32 Å². The summed E-state index contributed by atoms with van der Waals surface area (Å²) in [5.41, 5.74) is 7.09. The van der Waals surface area contributed by atoms with Crippen LogP contribution in [-0.4, -0.2) is 31.4 Å². The molecule has 1 heterocycles. The summed E-state index contributed by atoms with van der Waals surface area (Å²) in [4.78, 5) is 24.6. The van der Waals surface area contributed by atoms with Crippen molar-refractivity contribution in [3.8, 4) is 0 Å². The fraction of sp³-hybridized carbons (Fsp3) is 0.333. The van der Waals surface area contributed by atoms with Crippen molar-refractivity contribution in [2.24, 2.45) is 5.73 Å². The maximum atomic E-state index is 11.6. The molecule has 3 N–H and O–H groups in total. The van der Waals surface area contributed by atoms with Gasteiger partial charge in [0.15, 0.2) is 0 Å². The van der Waals surface area contributed by atoms with Crippen LogP contribution >= 0.6 is 0 Å². The van der Waals surface area contributed by atoms with Crippen molar-refractivity contribution in [2.45, 2.75) is 12.5 Å². The molecule has 90 valence electrons. The largest absolute Gasteiger partial charge is 0.355 e. The van der Waals surface area contributed by atoms with E-state index in [1.807, 2.05) is 0 Å². The van der Waals surface area contributed by atoms with Crippen molar-refractivity contribution in [1.29, 1.82) is 0 Å². The van der Waals surface area contributed by atoms with Gasteiger partial charge < -0.3 is 16.0 Å². The number of nitrogens with zero attached hydrogens (tertiary/aromatic N) is 1. The van der Waals surface area contributed by atoms with E-state index in [0.29, 0.717) is 18.5 Å². The zero-order valence-corrected chi connectivity index (χ0v) is 9.64. The van der Waals surface area contributed by atoms with E-state index in [4.69, 9.17) is 5.73 Å². The van der Waals surface area contributed by atoms with Gasteiger partial charge in [-0.3, -0.25) is 9.59 Å². The van der Waals surface area contributed by atoms with E-state index in [1.54, 1.807) is 36.2 Å². The Balaban J connectivity index is 2.18. The third kappa shape index (κ3) is 2.29. The highest BCUT2D eigenvalue weighted by molar-refractivity contribution is 5.98. The molecule has 1 fully saturated rings. The van der Waals surface area contributed by atoms with Crippen LogP contribution in [0.3, 0.4) is 0 Å². The van der Waals surface area contributed by atoms with Crippen molar-refractivity contribution in [3.63, 3.8) is 0 Å². The van der Waals surface area contributed by atoms with Crippen LogP contribution in [0.25, 0.3) is 0 Å². The van der Waals surface area contributed by atoms with Gasteiger partial charge in [0.25, 0.3) is 5.91 Å². The van der Waals surface area contributed by atoms with Gasteiger partial charge in [-0.1, -0.05) is 0 Å². The summed E-state index contributed by atoms with van der Waals surface area (Å²) < 4.78 is 0. The summed E-state index contributed by atoms with van der Waals surface area (Å²) in [5.74, 6) is -0.105. The molecule has 0 saturated carbocycles. The predicted molar refractivity (Wildman–Crippen MR) is 64.8 cm³/mol. The summed E-state index contributed by atoms with van der Waals surface area (Å²) in [5, 5.41) is 2.55. The number of carbonyl (C=O) groups is 2. The van der Waals surface area contributed by atoms with E-state index in [9.17, 15) is 9.59 Å². The van der Waals surface area contributed by atoms with Crippen molar-refractivity contribution < 1.29 is 9.59 Å². The summed E-state index contributed by atoms with van der Waals surface area (Å²) in [6.07, 6.45) is 0.386. The van der Waals surface area contributed by atoms with E-state index in [0.717, 1.165) is 5.69 Å². The smallest absolute Gasteiger partial charge is 0.251 e. The van der Waals surface area contributed by atoms with Crippen LogP contribution in [0.2, 0.25) is 0 Å². The topological polar surface area (TPSA) is 75.4 Å². The first-order chi connectivity index (χ1) is 8.11. The quantitative estimate of drug-likeness (QED) is 0.761. The van der Waals surface area contributed by atoms with Crippen molar-refractivity contribution in [2.75, 3.05) is 18.5 Å². The molecule has 1 saturated heterocycles. The average Bonchev–Trinajstić information content (AvgIpc) is 2.68. The zero-order chi connectivity index (χ0) is 12.4. The number of hydrogen-bond acceptors (Lipinski definition) is 3. The second-order valence-electron chi connectivity index (χ2n) is 4.09. The molecular weight excluding hydrogens is 218 g/mol. The Labute approximate surface area is 99.6 Å². The van der Waals surface area contributed by atoms with Crippen LogP contribution in [0.4, 0.5) is 5.69 Å². The van der Waals surface area contributed by atoms with E-state index in [-0.39, 0.29) is 17.9 Å². The molecule has 0 bridgehead atoms. The highest BCUT2D eigenvalue weighted by atomic mass is 16.2. The summed E-state index contributed by atoms with van der Waals surface area (Å²) in [6.45, 7) is 0.540. The molecule has 0 radical (unpaired) electrons. The fourth-order valence-electron chi connectivity index (χ4n) is 1.92. The molecule has 1 unspecified atom stereocenters. The molecular formula is C12H15N3O2. The lowest BCUT2D eigenvalue weighted by Crippen LogP contribution is -2.28. The van der Waals surface area contributed by atoms with E-state index in [1.165, 1.54) is 0 Å². The van der Waals surface area contributed by atoms with Crippen LogP contribution in [0, 0.1) is 0 Å². The first kappa shape index (κ1) is 11.6. The first-order valence-corrected chi connectivity index (χ1v) is 5.50. The Morgan fingerprint density at radius 2 is 2.06 bits per heavy atom. The van der Waals surface area contributed by atoms with Gasteiger partial charge in [-0.2, -0.15) is 0 Å². The molecule has 2 amide bonds. The first-order valence-electron chi connectivity index (χ1n) is 5.50. The lowest BCUT2D eigenvalue weighted by molar-refractivity contribution is -0.117. The van der Waals surface area contributed by atoms with Gasteiger partial charge in [-0.25, -0.2) is 0 Å². The van der Waals surface area contributed by atoms with Gasteiger partial charge in [0.1, 0.15) is 0 Å². The molecule has 1 aromatic carbocycles. The Kier molecular flexibility index (Phi) is 3.10. The van der Waals surface area contributed by atoms with Crippen LogP contribution in [0.15, 0.2) is 24.3 Å². The number of carbonyl (C=O) groups excluding carboxylic acids is 2. The summed E-state index contributed by atoms with van der Waals surface area (Å²) in [7, 11) is 1.58. The molecule has 0 aromatic heterocycles. The van der Waals surface area contributed by atoms with Gasteiger partial charge in [-0.15, -0.1) is 0 Å². The molecule has 0 aliphatic carbocycles. The van der Waals surface area contributed by atoms with Crippen LogP contribution in [-0.2, 0) is 4.79 Å². The van der Waals surface area contributed by atoms with Crippen LogP contribution in [0.5, 0.6) is 0 Å². The molecule has 1 aliphatic heterocycles. The van der Waals surface area contributed by atoms with Gasteiger partial charge in [0.05, 0.1) is 0 Å². The standard InChI is InChI=1S/C12H15N3O2/c1-14-12(17)8-2-4-10(5-3-8)15-7-9(13)6-11(15)16/h2-5,9H,6-7,13H2,1H3,(H,14,17). The number of hydrogen-bond donors (Lipinski definition) is 2. The predicted octanol–water partition coefficient (Wildman–Crippen LogP) is 0.110. The van der Waals surface area contributed by atoms with E-state index >= 15 is 0 Å². The second-order valence-corrected chi connectivity index (χ2v) is 4.09. The Morgan fingerprint density at radius 3 is 2.53 bits per heavy atom. The molecule has 5 heteroatoms. The van der Waals surface area contributed by atoms with Crippen LogP contribution in [0.1, 0.15) is 16.8 Å². The number of benzene rings is 1. The monoisotopic (exact) mass is 233 g/mol.